The van der Waals surface area contributed by atoms with E-state index in [0.29, 0.717) is 23.0 Å². The monoisotopic (exact) mass is 659 g/mol. The Morgan fingerprint density at radius 1 is 1.11 bits per heavy atom. The Bertz CT molecular complexity index is 1400. The molecule has 1 amide bonds. The molecule has 1 atom stereocenters. The Morgan fingerprint density at radius 3 is 2.53 bits per heavy atom. The van der Waals surface area contributed by atoms with E-state index in [0.717, 1.165) is 48.6 Å². The van der Waals surface area contributed by atoms with Crippen molar-refractivity contribution >= 4 is 51.8 Å². The van der Waals surface area contributed by atoms with Gasteiger partial charge in [0.25, 0.3) is 5.91 Å². The van der Waals surface area contributed by atoms with Crippen molar-refractivity contribution in [2.75, 3.05) is 13.1 Å². The molecule has 3 heterocycles. The lowest BCUT2D eigenvalue weighted by Crippen LogP contribution is -2.36. The van der Waals surface area contributed by atoms with Crippen molar-refractivity contribution in [1.82, 2.24) is 14.5 Å². The summed E-state index contributed by atoms with van der Waals surface area (Å²) in [6.45, 7) is 2.10. The maximum absolute atomic E-state index is 13.9. The van der Waals surface area contributed by atoms with Gasteiger partial charge in [0.1, 0.15) is 11.4 Å². The lowest BCUT2D eigenvalue weighted by Gasteiger charge is -2.20. The van der Waals surface area contributed by atoms with Crippen LogP contribution < -0.4 is 3.07 Å². The number of carbonyl (C=O) groups is 2. The van der Waals surface area contributed by atoms with E-state index in [1.54, 1.807) is 6.07 Å². The average molecular weight is 660 g/mol. The zero-order valence-corrected chi connectivity index (χ0v) is 23.6. The second-order valence-electron chi connectivity index (χ2n) is 10.2. The lowest BCUT2D eigenvalue weighted by atomic mass is 9.88. The van der Waals surface area contributed by atoms with Crippen LogP contribution in [0.5, 0.6) is 5.75 Å². The largest absolute Gasteiger partial charge is 0.433 e. The molecule has 202 valence electrons. The van der Waals surface area contributed by atoms with E-state index in [1.807, 2.05) is 48.1 Å². The zero-order chi connectivity index (χ0) is 27.2. The molecule has 1 unspecified atom stereocenters. The highest BCUT2D eigenvalue weighted by atomic mass is 127. The van der Waals surface area contributed by atoms with Gasteiger partial charge in [-0.1, -0.05) is 30.2 Å². The Hall–Kier alpha value is -2.34. The van der Waals surface area contributed by atoms with Gasteiger partial charge >= 0.3 is 6.18 Å². The number of hydrogen-bond acceptors (Lipinski definition) is 4. The molecule has 38 heavy (non-hydrogen) atoms. The molecule has 1 aliphatic heterocycles. The summed E-state index contributed by atoms with van der Waals surface area (Å²) in [6.07, 6.45) is -0.556. The number of fused-ring (bicyclic) bond motifs is 1. The number of pyridine rings is 1. The number of hydrogen-bond donors (Lipinski definition) is 0. The molecule has 0 spiro atoms. The molecule has 0 N–H and O–H groups in total. The number of alkyl halides is 3. The molecule has 5 rings (SSSR count). The molecular weight excluding hydrogens is 634 g/mol. The summed E-state index contributed by atoms with van der Waals surface area (Å²) in [6, 6.07) is 8.55. The minimum absolute atomic E-state index is 0.00786. The van der Waals surface area contributed by atoms with Gasteiger partial charge in [-0.25, -0.2) is 4.52 Å². The van der Waals surface area contributed by atoms with Crippen molar-refractivity contribution in [3.05, 3.63) is 63.4 Å². The molecule has 0 bridgehead atoms. The van der Waals surface area contributed by atoms with Crippen molar-refractivity contribution in [2.24, 2.45) is 0 Å². The standard InChI is InChI=1S/C27H26ClF3IN3O3/c1-15-10-18(7-8-22(15)38-32)17-4-2-3-9-34(14-20(36)11-17)26(37)25-24(28)21-12-19(16-5-6-16)13-23(27(29,30)31)35(21)33-25/h7-8,10,12-13,16-17H,2-6,9,11,14H2,1H3. The quantitative estimate of drug-likeness (QED) is 0.276. The number of rotatable bonds is 4. The van der Waals surface area contributed by atoms with Crippen LogP contribution in [0.1, 0.15) is 83.2 Å². The van der Waals surface area contributed by atoms with Gasteiger partial charge in [0.15, 0.2) is 34.5 Å². The molecule has 1 aliphatic carbocycles. The van der Waals surface area contributed by atoms with E-state index in [-0.39, 0.29) is 46.8 Å². The van der Waals surface area contributed by atoms with Gasteiger partial charge in [0, 0.05) is 13.0 Å². The summed E-state index contributed by atoms with van der Waals surface area (Å²) >= 11 is 8.31. The normalized spacial score (nSPS) is 19.3. The van der Waals surface area contributed by atoms with Gasteiger partial charge in [0.2, 0.25) is 0 Å². The zero-order valence-electron chi connectivity index (χ0n) is 20.7. The summed E-state index contributed by atoms with van der Waals surface area (Å²) in [5.74, 6) is 0.0789. The van der Waals surface area contributed by atoms with Gasteiger partial charge in [-0.2, -0.15) is 18.3 Å². The fourth-order valence-corrected chi connectivity index (χ4v) is 5.92. The number of carbonyl (C=O) groups excluding carboxylic acids is 2. The van der Waals surface area contributed by atoms with E-state index >= 15 is 0 Å². The van der Waals surface area contributed by atoms with Crippen LogP contribution in [-0.4, -0.2) is 39.3 Å². The summed E-state index contributed by atoms with van der Waals surface area (Å²) < 4.78 is 47.6. The van der Waals surface area contributed by atoms with Crippen LogP contribution in [0.2, 0.25) is 5.02 Å². The van der Waals surface area contributed by atoms with E-state index < -0.39 is 17.8 Å². The summed E-state index contributed by atoms with van der Waals surface area (Å²) in [4.78, 5) is 27.9. The number of Topliss-reactive ketones (excluding diaryl/α,β-unsaturated/α-hetero) is 1. The van der Waals surface area contributed by atoms with Crippen LogP contribution in [0.15, 0.2) is 30.3 Å². The van der Waals surface area contributed by atoms with Crippen molar-refractivity contribution in [3.8, 4) is 5.75 Å². The highest BCUT2D eigenvalue weighted by Gasteiger charge is 2.38. The summed E-state index contributed by atoms with van der Waals surface area (Å²) in [5, 5.41) is 3.89. The Labute approximate surface area is 237 Å². The third-order valence-corrected chi connectivity index (χ3v) is 8.20. The topological polar surface area (TPSA) is 63.9 Å². The molecule has 1 saturated carbocycles. The number of ketones is 1. The maximum atomic E-state index is 13.9. The lowest BCUT2D eigenvalue weighted by molar-refractivity contribution is -0.142. The molecule has 2 fully saturated rings. The minimum atomic E-state index is -4.67. The van der Waals surface area contributed by atoms with Crippen molar-refractivity contribution < 1.29 is 25.8 Å². The summed E-state index contributed by atoms with van der Waals surface area (Å²) in [5.41, 5.74) is 1.39. The highest BCUT2D eigenvalue weighted by Crippen LogP contribution is 2.43. The Balaban J connectivity index is 1.41. The van der Waals surface area contributed by atoms with Crippen molar-refractivity contribution in [3.63, 3.8) is 0 Å². The van der Waals surface area contributed by atoms with Crippen molar-refractivity contribution in [2.45, 2.75) is 63.5 Å². The Morgan fingerprint density at radius 2 is 1.87 bits per heavy atom. The Kier molecular flexibility index (Phi) is 7.65. The first-order valence-corrected chi connectivity index (χ1v) is 13.8. The van der Waals surface area contributed by atoms with Gasteiger partial charge in [0.05, 0.1) is 17.1 Å². The second-order valence-corrected chi connectivity index (χ2v) is 11.0. The van der Waals surface area contributed by atoms with Gasteiger partial charge in [-0.3, -0.25) is 9.59 Å². The fraction of sp³-hybridized carbons (Fsp3) is 0.444. The molecule has 11 heteroatoms. The fourth-order valence-electron chi connectivity index (χ4n) is 5.18. The number of nitrogens with zero attached hydrogens (tertiary/aromatic N) is 3. The van der Waals surface area contributed by atoms with E-state index in [4.69, 9.17) is 14.7 Å². The molecular formula is C27H26ClF3IN3O3. The van der Waals surface area contributed by atoms with Gasteiger partial charge in [-0.15, -0.1) is 0 Å². The van der Waals surface area contributed by atoms with E-state index in [9.17, 15) is 22.8 Å². The van der Waals surface area contributed by atoms with Gasteiger partial charge in [-0.05, 0) is 79.3 Å². The van der Waals surface area contributed by atoms with Crippen LogP contribution in [0.25, 0.3) is 5.52 Å². The van der Waals surface area contributed by atoms with Crippen molar-refractivity contribution in [1.29, 1.82) is 0 Å². The van der Waals surface area contributed by atoms with Crippen LogP contribution in [-0.2, 0) is 11.0 Å². The second kappa shape index (κ2) is 10.7. The molecule has 1 aromatic carbocycles. The maximum Gasteiger partial charge on any atom is 0.433 e. The SMILES string of the molecule is Cc1cc(C2CCCCN(C(=O)c3nn4c(C(F)(F)F)cc(C5CC5)cc4c3Cl)CC(=O)C2)ccc1OI. The third-order valence-electron chi connectivity index (χ3n) is 7.35. The smallest absolute Gasteiger partial charge is 0.427 e. The molecule has 2 aromatic heterocycles. The van der Waals surface area contributed by atoms with Gasteiger partial charge < -0.3 is 7.97 Å². The predicted molar refractivity (Wildman–Crippen MR) is 145 cm³/mol. The molecule has 6 nitrogen and oxygen atoms in total. The molecule has 1 saturated heterocycles. The van der Waals surface area contributed by atoms with Crippen LogP contribution in [0.4, 0.5) is 13.2 Å². The number of halogens is 5. The number of aryl methyl sites for hydroxylation is 1. The van der Waals surface area contributed by atoms with Crippen LogP contribution in [0, 0.1) is 6.92 Å². The average Bonchev–Trinajstić information content (AvgIpc) is 3.65. The molecule has 3 aromatic rings. The highest BCUT2D eigenvalue weighted by molar-refractivity contribution is 14.1. The number of aromatic nitrogens is 2. The first-order chi connectivity index (χ1) is 18.1. The van der Waals surface area contributed by atoms with Crippen LogP contribution in [0.3, 0.4) is 0 Å². The third kappa shape index (κ3) is 5.52. The number of benzene rings is 1. The molecule has 2 aliphatic rings. The predicted octanol–water partition coefficient (Wildman–Crippen LogP) is 7.29. The first-order valence-electron chi connectivity index (χ1n) is 12.6. The minimum Gasteiger partial charge on any atom is -0.427 e. The van der Waals surface area contributed by atoms with E-state index in [1.165, 1.54) is 4.90 Å². The number of amides is 1. The van der Waals surface area contributed by atoms with Crippen LogP contribution >= 0.6 is 34.6 Å². The summed E-state index contributed by atoms with van der Waals surface area (Å²) in [7, 11) is 0. The first kappa shape index (κ1) is 27.2. The van der Waals surface area contributed by atoms with E-state index in [2.05, 4.69) is 5.10 Å². The molecule has 0 radical (unpaired) electrons.